The topological polar surface area (TPSA) is 253 Å². The maximum Gasteiger partial charge on any atom is 0.311 e. The van der Waals surface area contributed by atoms with Crippen LogP contribution in [-0.4, -0.2) is 175 Å². The molecule has 2 rings (SSSR count). The molecule has 8 amide bonds. The lowest BCUT2D eigenvalue weighted by Gasteiger charge is -2.39. The second-order valence-electron chi connectivity index (χ2n) is 20.8. The quantitative estimate of drug-likeness (QED) is 0.212. The molecule has 1 unspecified atom stereocenters. The Morgan fingerprint density at radius 1 is 0.736 bits per heavy atom. The lowest BCUT2D eigenvalue weighted by Crippen LogP contribution is -2.61. The van der Waals surface area contributed by atoms with Gasteiger partial charge in [0.1, 0.15) is 29.9 Å². The summed E-state index contributed by atoms with van der Waals surface area (Å²) in [6, 6.07) is 0.525. The largest absolute Gasteiger partial charge is 0.497 e. The predicted molar refractivity (Wildman–Crippen MR) is 272 cm³/mol. The summed E-state index contributed by atoms with van der Waals surface area (Å²) in [5, 5.41) is 22.7. The van der Waals surface area contributed by atoms with Crippen LogP contribution in [0, 0.1) is 29.1 Å². The normalized spacial score (nSPS) is 27.5. The number of aliphatic hydroxyl groups excluding tert-OH is 1. The molecule has 1 aromatic rings. The number of methoxy groups -OCH3 is 1. The van der Waals surface area contributed by atoms with Gasteiger partial charge in [-0.2, -0.15) is 0 Å². The maximum atomic E-state index is 14.6. The third-order valence-corrected chi connectivity index (χ3v) is 14.1. The minimum atomic E-state index is -1.59. The minimum Gasteiger partial charge on any atom is -0.497 e. The first-order chi connectivity index (χ1) is 33.5. The van der Waals surface area contributed by atoms with Crippen molar-refractivity contribution in [3.05, 3.63) is 29.8 Å². The van der Waals surface area contributed by atoms with Crippen molar-refractivity contribution in [2.75, 3.05) is 48.4 Å². The number of nitrogens with zero attached hydrogens (tertiary/aromatic N) is 4. The highest BCUT2D eigenvalue weighted by atomic mass is 16.5. The van der Waals surface area contributed by atoms with Gasteiger partial charge in [0.2, 0.25) is 41.4 Å². The van der Waals surface area contributed by atoms with Crippen molar-refractivity contribution in [3.8, 4) is 5.75 Å². The molecular weight excluding hydrogens is 929 g/mol. The van der Waals surface area contributed by atoms with E-state index < -0.39 is 138 Å². The molecule has 1 aromatic carbocycles. The van der Waals surface area contributed by atoms with Crippen molar-refractivity contribution in [2.45, 2.75) is 164 Å². The van der Waals surface area contributed by atoms with Crippen LogP contribution in [-0.2, 0) is 54.3 Å². The molecule has 0 spiro atoms. The molecule has 0 aliphatic carbocycles. The summed E-state index contributed by atoms with van der Waals surface area (Å²) in [5.41, 5.74) is -0.936. The summed E-state index contributed by atoms with van der Waals surface area (Å²) < 4.78 is 11.1. The van der Waals surface area contributed by atoms with E-state index in [1.165, 1.54) is 82.6 Å². The fraction of sp³-hybridized carbons (Fsp3) is 0.712. The Bertz CT molecular complexity index is 2050. The molecule has 1 aliphatic rings. The van der Waals surface area contributed by atoms with Crippen LogP contribution in [0.2, 0.25) is 0 Å². The number of ether oxygens (including phenoxy) is 2. The molecule has 406 valence electrons. The van der Waals surface area contributed by atoms with Crippen LogP contribution in [0.5, 0.6) is 5.75 Å². The fourth-order valence-corrected chi connectivity index (χ4v) is 8.72. The van der Waals surface area contributed by atoms with Gasteiger partial charge < -0.3 is 55.4 Å². The number of nitrogens with one attached hydrogen (secondary N) is 4. The van der Waals surface area contributed by atoms with Gasteiger partial charge in [-0.1, -0.05) is 67.0 Å². The van der Waals surface area contributed by atoms with Crippen molar-refractivity contribution in [1.29, 1.82) is 0 Å². The number of amides is 8. The number of esters is 1. The zero-order valence-corrected chi connectivity index (χ0v) is 45.9. The number of cyclic esters (lactones) is 1. The Morgan fingerprint density at radius 3 is 1.81 bits per heavy atom. The summed E-state index contributed by atoms with van der Waals surface area (Å²) in [6.07, 6.45) is -1.33. The second kappa shape index (κ2) is 27.9. The molecule has 0 saturated carbocycles. The van der Waals surface area contributed by atoms with Crippen LogP contribution in [0.25, 0.3) is 0 Å². The zero-order valence-electron chi connectivity index (χ0n) is 45.9. The Hall–Kier alpha value is -5.79. The highest BCUT2D eigenvalue weighted by Crippen LogP contribution is 2.28. The van der Waals surface area contributed by atoms with E-state index in [1.54, 1.807) is 52.0 Å². The number of aliphatic hydroxyl groups is 1. The molecule has 5 N–H and O–H groups in total. The summed E-state index contributed by atoms with van der Waals surface area (Å²) in [5.74, 6) is -7.38. The third-order valence-electron chi connectivity index (χ3n) is 14.1. The summed E-state index contributed by atoms with van der Waals surface area (Å²) >= 11 is 0. The van der Waals surface area contributed by atoms with Crippen LogP contribution < -0.4 is 26.0 Å². The van der Waals surface area contributed by atoms with E-state index in [1.807, 2.05) is 27.7 Å². The molecule has 0 aromatic heterocycles. The van der Waals surface area contributed by atoms with E-state index in [4.69, 9.17) is 9.47 Å². The number of carbonyl (C=O) groups excluding carboxylic acids is 9. The Balaban J connectivity index is 2.73. The van der Waals surface area contributed by atoms with Gasteiger partial charge in [-0.3, -0.25) is 43.2 Å². The van der Waals surface area contributed by atoms with Gasteiger partial charge in [0.25, 0.3) is 5.91 Å². The Labute approximate surface area is 427 Å². The molecule has 20 heteroatoms. The van der Waals surface area contributed by atoms with Crippen molar-refractivity contribution in [3.63, 3.8) is 0 Å². The van der Waals surface area contributed by atoms with Crippen LogP contribution in [0.1, 0.15) is 114 Å². The molecule has 72 heavy (non-hydrogen) atoms. The average Bonchev–Trinajstić information content (AvgIpc) is 3.34. The molecular formula is C52H86N8O12. The summed E-state index contributed by atoms with van der Waals surface area (Å²) in [4.78, 5) is 131. The monoisotopic (exact) mass is 1010 g/mol. The number of carbonyl (C=O) groups is 9. The predicted octanol–water partition coefficient (Wildman–Crippen LogP) is 2.28. The number of likely N-dealkylation sites (N-methyl/N-ethyl adjacent to an activating group) is 4. The molecule has 10 atom stereocenters. The molecule has 1 heterocycles. The number of hydrogen-bond donors (Lipinski definition) is 5. The standard InChI is InChI=1S/C52H86N8O12/c1-18-20-37-32(8)50(69)72-43(31(7)19-2)48(67)54-27-40(61)58(14)38(25-29(3)4)46(65)53-28-41(62)60(16)42(30(5)6)49(68)59(15)39(26-35-21-23-36(71-17)24-22-35)47(66)55-33(9)44(63)52(11,12)51(70)57(13)34(10)45(64)56-37/h21-24,29-34,37-39,42-44,63H,18-20,25-28H2,1-17H3,(H,53,65)(H,54,67)(H,55,66)(H,56,64)/t31-,32-,33+,34-,37+,38-,39-,42-,43-,44?/m0/s1. The highest BCUT2D eigenvalue weighted by molar-refractivity contribution is 5.96. The van der Waals surface area contributed by atoms with Crippen molar-refractivity contribution < 1.29 is 57.7 Å². The smallest absolute Gasteiger partial charge is 0.311 e. The summed E-state index contributed by atoms with van der Waals surface area (Å²) in [6.45, 7) is 19.0. The fourth-order valence-electron chi connectivity index (χ4n) is 8.72. The van der Waals surface area contributed by atoms with Gasteiger partial charge in [0, 0.05) is 46.6 Å². The van der Waals surface area contributed by atoms with Crippen LogP contribution in [0.15, 0.2) is 24.3 Å². The van der Waals surface area contributed by atoms with Gasteiger partial charge >= 0.3 is 5.97 Å². The van der Waals surface area contributed by atoms with E-state index in [2.05, 4.69) is 21.3 Å². The Morgan fingerprint density at radius 2 is 1.29 bits per heavy atom. The van der Waals surface area contributed by atoms with Gasteiger partial charge in [0.15, 0.2) is 6.10 Å². The molecule has 0 bridgehead atoms. The highest BCUT2D eigenvalue weighted by Gasteiger charge is 2.45. The number of hydrogen-bond acceptors (Lipinski definition) is 12. The first kappa shape index (κ1) is 62.3. The zero-order chi connectivity index (χ0) is 55.1. The molecule has 1 fully saturated rings. The van der Waals surface area contributed by atoms with Crippen molar-refractivity contribution in [2.24, 2.45) is 29.1 Å². The van der Waals surface area contributed by atoms with E-state index in [0.717, 1.165) is 0 Å². The van der Waals surface area contributed by atoms with Gasteiger partial charge in [-0.15, -0.1) is 0 Å². The van der Waals surface area contributed by atoms with Crippen molar-refractivity contribution >= 4 is 53.2 Å². The van der Waals surface area contributed by atoms with Crippen molar-refractivity contribution in [1.82, 2.24) is 40.9 Å². The van der Waals surface area contributed by atoms with Gasteiger partial charge in [-0.25, -0.2) is 0 Å². The van der Waals surface area contributed by atoms with E-state index >= 15 is 0 Å². The number of benzene rings is 1. The SMILES string of the molecule is CCC[C@H]1NC(=O)[C@H](C)N(C)C(=O)C(C)(C)C(O)[C@@H](C)NC(=O)[C@H](Cc2ccc(OC)cc2)N(C)C(=O)[C@H](C(C)C)N(C)C(=O)CNC(=O)[C@H](CC(C)C)N(C)C(=O)CNC(=O)[C@H]([C@@H](C)CC)OC(=O)[C@H]1C. The molecule has 0 radical (unpaired) electrons. The molecule has 20 nitrogen and oxygen atoms in total. The van der Waals surface area contributed by atoms with Crippen LogP contribution in [0.4, 0.5) is 0 Å². The third kappa shape index (κ3) is 16.4. The Kier molecular flexibility index (Phi) is 24.1. The summed E-state index contributed by atoms with van der Waals surface area (Å²) in [7, 11) is 7.19. The van der Waals surface area contributed by atoms with Gasteiger partial charge in [0.05, 0.1) is 43.7 Å². The molecule has 1 saturated heterocycles. The van der Waals surface area contributed by atoms with Crippen LogP contribution >= 0.6 is 0 Å². The average molecular weight is 1020 g/mol. The number of rotatable bonds is 10. The first-order valence-electron chi connectivity index (χ1n) is 25.2. The van der Waals surface area contributed by atoms with E-state index in [0.29, 0.717) is 30.6 Å². The van der Waals surface area contributed by atoms with Crippen LogP contribution in [0.3, 0.4) is 0 Å². The first-order valence-corrected chi connectivity index (χ1v) is 25.2. The maximum absolute atomic E-state index is 14.6. The second-order valence-corrected chi connectivity index (χ2v) is 20.8. The van der Waals surface area contributed by atoms with E-state index in [-0.39, 0.29) is 18.8 Å². The lowest BCUT2D eigenvalue weighted by atomic mass is 9.81. The lowest BCUT2D eigenvalue weighted by molar-refractivity contribution is -0.164. The van der Waals surface area contributed by atoms with E-state index in [9.17, 15) is 48.3 Å². The minimum absolute atomic E-state index is 0.00191. The van der Waals surface area contributed by atoms with Gasteiger partial charge in [-0.05, 0) is 83.4 Å². The molecule has 1 aliphatic heterocycles.